The van der Waals surface area contributed by atoms with Gasteiger partial charge in [0.15, 0.2) is 6.10 Å². The third-order valence-corrected chi connectivity index (χ3v) is 18.8. The molecule has 0 radical (unpaired) electrons. The molecule has 610 valence electrons. The Balaban J connectivity index is 4.64. The van der Waals surface area contributed by atoms with Gasteiger partial charge in [-0.3, -0.25) is 32.5 Å². The number of allylic oxidation sites excluding steroid dienone is 28. The van der Waals surface area contributed by atoms with Crippen LogP contribution in [0.15, 0.2) is 170 Å². The van der Waals surface area contributed by atoms with Crippen LogP contribution in [0.5, 0.6) is 0 Å². The number of phosphoric acid groups is 2. The lowest BCUT2D eigenvalue weighted by molar-refractivity contribution is -0.161. The van der Waals surface area contributed by atoms with Crippen LogP contribution in [-0.2, 0) is 55.8 Å². The van der Waals surface area contributed by atoms with E-state index < -0.39 is 91.5 Å². The first-order valence-corrected chi connectivity index (χ1v) is 44.4. The number of unbranched alkanes of at least 4 members (excludes halogenated alkanes) is 26. The predicted octanol–water partition coefficient (Wildman–Crippen LogP) is 24.8. The van der Waals surface area contributed by atoms with E-state index in [1.54, 1.807) is 0 Å². The zero-order valence-corrected chi connectivity index (χ0v) is 68.5. The van der Waals surface area contributed by atoms with Crippen LogP contribution in [0.25, 0.3) is 0 Å². The fraction of sp³-hybridized carbons (Fsp3) is 0.652. The van der Waals surface area contributed by atoms with Crippen LogP contribution >= 0.6 is 15.6 Å². The quantitative estimate of drug-likeness (QED) is 0.0146. The van der Waals surface area contributed by atoms with Gasteiger partial charge in [0, 0.05) is 19.3 Å². The third-order valence-electron chi connectivity index (χ3n) is 16.9. The second kappa shape index (κ2) is 80.4. The number of hydrogen-bond donors (Lipinski definition) is 4. The highest BCUT2D eigenvalue weighted by molar-refractivity contribution is 7.47. The molecule has 107 heavy (non-hydrogen) atoms. The molecule has 16 nitrogen and oxygen atoms in total. The van der Waals surface area contributed by atoms with Crippen molar-refractivity contribution in [2.45, 2.75) is 334 Å². The van der Waals surface area contributed by atoms with Gasteiger partial charge in [-0.1, -0.05) is 313 Å². The Morgan fingerprint density at radius 3 is 0.785 bits per heavy atom. The minimum absolute atomic E-state index is 0.0804. The molecule has 0 heterocycles. The zero-order chi connectivity index (χ0) is 78.0. The first kappa shape index (κ1) is 102. The number of aliphatic hydroxyl groups excluding tert-OH is 2. The number of aliphatic hydroxyl groups is 2. The largest absolute Gasteiger partial charge is 0.472 e. The molecule has 0 aromatic carbocycles. The van der Waals surface area contributed by atoms with E-state index in [-0.39, 0.29) is 19.3 Å². The maximum atomic E-state index is 13.0. The first-order chi connectivity index (χ1) is 52.2. The molecule has 0 bridgehead atoms. The molecule has 0 aliphatic heterocycles. The van der Waals surface area contributed by atoms with Gasteiger partial charge in [0.05, 0.1) is 26.4 Å². The van der Waals surface area contributed by atoms with Crippen molar-refractivity contribution in [1.29, 1.82) is 0 Å². The van der Waals surface area contributed by atoms with Gasteiger partial charge in [-0.15, -0.1) is 0 Å². The zero-order valence-electron chi connectivity index (χ0n) is 66.7. The average Bonchev–Trinajstić information content (AvgIpc) is 0.907. The fourth-order valence-corrected chi connectivity index (χ4v) is 12.3. The van der Waals surface area contributed by atoms with Gasteiger partial charge in [-0.2, -0.15) is 0 Å². The van der Waals surface area contributed by atoms with Gasteiger partial charge in [-0.25, -0.2) is 9.13 Å². The number of rotatable bonds is 77. The lowest BCUT2D eigenvalue weighted by Crippen LogP contribution is -2.30. The minimum Gasteiger partial charge on any atom is -0.463 e. The smallest absolute Gasteiger partial charge is 0.463 e. The normalized spacial score (nSPS) is 14.8. The molecule has 0 aliphatic carbocycles. The van der Waals surface area contributed by atoms with Gasteiger partial charge in [-0.05, 0) is 154 Å². The highest BCUT2D eigenvalue weighted by Gasteiger charge is 2.29. The number of esters is 3. The van der Waals surface area contributed by atoms with Gasteiger partial charge in [0.1, 0.15) is 25.4 Å². The molecule has 0 saturated carbocycles. The second-order valence-corrected chi connectivity index (χ2v) is 30.1. The summed E-state index contributed by atoms with van der Waals surface area (Å²) < 4.78 is 61.3. The van der Waals surface area contributed by atoms with Gasteiger partial charge in [0.25, 0.3) is 0 Å². The van der Waals surface area contributed by atoms with Crippen LogP contribution < -0.4 is 0 Å². The molecule has 0 aromatic rings. The van der Waals surface area contributed by atoms with Crippen molar-refractivity contribution in [1.82, 2.24) is 0 Å². The Hall–Kier alpha value is -5.09. The van der Waals surface area contributed by atoms with E-state index in [4.69, 9.17) is 32.3 Å². The highest BCUT2D eigenvalue weighted by atomic mass is 31.2. The molecule has 0 saturated heterocycles. The number of carbonyl (C=O) groups is 3. The van der Waals surface area contributed by atoms with E-state index >= 15 is 0 Å². The summed E-state index contributed by atoms with van der Waals surface area (Å²) in [5.41, 5.74) is 0. The summed E-state index contributed by atoms with van der Waals surface area (Å²) >= 11 is 0. The average molecular weight is 1540 g/mol. The van der Waals surface area contributed by atoms with Crippen molar-refractivity contribution in [2.24, 2.45) is 0 Å². The summed E-state index contributed by atoms with van der Waals surface area (Å²) in [4.78, 5) is 58.8. The van der Waals surface area contributed by atoms with E-state index in [0.29, 0.717) is 19.3 Å². The molecule has 0 aromatic heterocycles. The molecule has 0 amide bonds. The lowest BCUT2D eigenvalue weighted by Gasteiger charge is -2.21. The monoisotopic (exact) mass is 1540 g/mol. The van der Waals surface area contributed by atoms with Crippen LogP contribution in [0, 0.1) is 0 Å². The summed E-state index contributed by atoms with van der Waals surface area (Å²) in [5, 5.41) is 20.7. The van der Waals surface area contributed by atoms with E-state index in [1.165, 1.54) is 57.8 Å². The molecule has 4 N–H and O–H groups in total. The molecular weight excluding hydrogens is 1390 g/mol. The van der Waals surface area contributed by atoms with Crippen LogP contribution in [0.4, 0.5) is 0 Å². The Labute approximate surface area is 650 Å². The van der Waals surface area contributed by atoms with Crippen molar-refractivity contribution in [2.75, 3.05) is 39.6 Å². The summed E-state index contributed by atoms with van der Waals surface area (Å²) in [6, 6.07) is 0. The topological polar surface area (TPSA) is 231 Å². The molecule has 18 heteroatoms. The number of hydrogen-bond acceptors (Lipinski definition) is 14. The van der Waals surface area contributed by atoms with Crippen LogP contribution in [0.1, 0.15) is 316 Å². The van der Waals surface area contributed by atoms with Gasteiger partial charge >= 0.3 is 33.6 Å². The Kier molecular flexibility index (Phi) is 76.6. The molecule has 5 unspecified atom stereocenters. The predicted molar refractivity (Wildman–Crippen MR) is 445 cm³/mol. The van der Waals surface area contributed by atoms with Crippen molar-refractivity contribution in [3.05, 3.63) is 170 Å². The van der Waals surface area contributed by atoms with Crippen molar-refractivity contribution in [3.63, 3.8) is 0 Å². The van der Waals surface area contributed by atoms with Crippen LogP contribution in [-0.4, -0.2) is 95.9 Å². The number of carbonyl (C=O) groups excluding carboxylic acids is 3. The molecule has 0 fully saturated rings. The Morgan fingerprint density at radius 2 is 0.495 bits per heavy atom. The van der Waals surface area contributed by atoms with E-state index in [1.807, 2.05) is 0 Å². The third kappa shape index (κ3) is 81.7. The van der Waals surface area contributed by atoms with Crippen molar-refractivity contribution >= 4 is 33.6 Å². The molecule has 5 atom stereocenters. The number of ether oxygens (including phenoxy) is 3. The van der Waals surface area contributed by atoms with Crippen LogP contribution in [0.3, 0.4) is 0 Å². The maximum absolute atomic E-state index is 13.0. The summed E-state index contributed by atoms with van der Waals surface area (Å²) in [5.74, 6) is -1.61. The van der Waals surface area contributed by atoms with Crippen molar-refractivity contribution in [3.8, 4) is 0 Å². The highest BCUT2D eigenvalue weighted by Crippen LogP contribution is 2.45. The minimum atomic E-state index is -4.95. The standard InChI is InChI=1S/C89H148O16P2/c1-4-7-10-13-16-19-22-25-28-31-34-36-38-39-40-41-42-43-45-47-49-51-54-57-60-63-66-69-72-75-87(92)99-78-84(90)79-101-106(95,96)102-80-85(91)81-103-107(97,98)104-83-86(105-89(94)77-74-71-68-65-62-59-56-53-48-33-30-27-24-21-18-15-12-9-6-3)82-100-88(93)76-73-70-67-64-61-58-55-52-50-46-44-37-35-32-29-26-23-20-17-14-11-8-5-2/h7,9-10,12,16-21,25-30,34-37,39-40,42-43,46,48,50,53,84-86,90-91H,4-6,8,11,13-15,22-24,31-33,38,41,44-45,47,49,51-52,54-83H2,1-3H3,(H,95,96)(H,97,98)/b10-7-,12-9-,19-16-,20-17-,21-18-,28-25-,29-26-,30-27-,36-34-,37-35-,40-39-,43-42-,50-46-,53-48-. The van der Waals surface area contributed by atoms with Crippen molar-refractivity contribution < 1.29 is 75.8 Å². The fourth-order valence-electron chi connectivity index (χ4n) is 10.7. The van der Waals surface area contributed by atoms with E-state index in [9.17, 15) is 43.5 Å². The number of phosphoric ester groups is 2. The van der Waals surface area contributed by atoms with Crippen LogP contribution in [0.2, 0.25) is 0 Å². The maximum Gasteiger partial charge on any atom is 0.472 e. The first-order valence-electron chi connectivity index (χ1n) is 41.4. The molecule has 0 spiro atoms. The van der Waals surface area contributed by atoms with E-state index in [0.717, 1.165) is 199 Å². The Bertz CT molecular complexity index is 2620. The van der Waals surface area contributed by atoms with Gasteiger partial charge in [0.2, 0.25) is 0 Å². The summed E-state index contributed by atoms with van der Waals surface area (Å²) in [6.07, 6.45) is 102. The Morgan fingerprint density at radius 1 is 0.271 bits per heavy atom. The SMILES string of the molecule is CC/C=C\C/C=C\C/C=C\C/C=C\C/C=C\C/C=C\CCCCCCCCCCCCC(=O)OCC(O)COP(=O)(O)OCC(O)COP(=O)(O)OCC(COC(=O)CCCCCCCCC/C=C\C/C=C\C/C=C\C/C=C\CCCCC)OC(=O)CCCCCCCC/C=C\C/C=C\C/C=C\C/C=C\CC. The molecule has 0 rings (SSSR count). The molecule has 0 aliphatic rings. The summed E-state index contributed by atoms with van der Waals surface area (Å²) in [6.45, 7) is 2.40. The lowest BCUT2D eigenvalue weighted by atomic mass is 10.1. The molecular formula is C89H148O16P2. The van der Waals surface area contributed by atoms with E-state index in [2.05, 4.69) is 191 Å². The summed E-state index contributed by atoms with van der Waals surface area (Å²) in [7, 11) is -9.82. The van der Waals surface area contributed by atoms with Gasteiger partial charge < -0.3 is 34.2 Å². The second-order valence-electron chi connectivity index (χ2n) is 27.2.